The molecule has 19 heteroatoms. The van der Waals surface area contributed by atoms with E-state index in [9.17, 15) is 61.0 Å². The Hall–Kier alpha value is -3.29. The topological polar surface area (TPSA) is 307 Å². The second-order valence-corrected chi connectivity index (χ2v) is 27.1. The summed E-state index contributed by atoms with van der Waals surface area (Å²) in [6.45, 7) is 1.61. The number of rotatable bonds is 59. The number of ether oxygens (including phenoxy) is 6. The standard InChI is InChI=1S/C79H137NO18/c1-3-5-7-9-11-13-15-17-19-21-23-25-27-29-30-31-33-34-36-38-40-42-44-46-48-50-52-54-56-63(84)62(80-67(85)57-55-53-51-49-47-45-43-41-39-37-35-32-28-26-24-22-20-18-16-14-12-10-8-6-4-2)61-93-77-73(91)70(88)75(65(59-82)95-77)98-79-74(92)71(89)76(66(60-83)96-79)97-78-72(90)69(87)68(86)64(58-81)94-78/h6,8,12,14,18,20,24,26,32,35,39,41,45,47,54,56,62-66,68-79,81-84,86-92H,3-5,7,9-11,13,15-17,19,21-23,25,27-31,33-34,36-38,40,42-44,46,48-53,55,57-61H2,1-2H3,(H,80,85)/b8-6-,14-12-,20-18-,26-24-,35-32-,41-39-,47-45-,56-54+. The van der Waals surface area contributed by atoms with Crippen molar-refractivity contribution in [2.75, 3.05) is 26.4 Å². The van der Waals surface area contributed by atoms with Gasteiger partial charge in [0.1, 0.15) is 73.2 Å². The number of hydrogen-bond donors (Lipinski definition) is 12. The maximum absolute atomic E-state index is 13.4. The van der Waals surface area contributed by atoms with Crippen LogP contribution in [0, 0.1) is 0 Å². The molecule has 566 valence electrons. The first-order valence-corrected chi connectivity index (χ1v) is 38.5. The molecule has 3 rings (SSSR count). The summed E-state index contributed by atoms with van der Waals surface area (Å²) in [5, 5.41) is 121. The molecular weight excluding hydrogens is 1250 g/mol. The van der Waals surface area contributed by atoms with Crippen LogP contribution in [0.4, 0.5) is 0 Å². The van der Waals surface area contributed by atoms with Crippen molar-refractivity contribution in [2.45, 2.75) is 369 Å². The summed E-state index contributed by atoms with van der Waals surface area (Å²) < 4.78 is 34.4. The lowest BCUT2D eigenvalue weighted by molar-refractivity contribution is -0.379. The highest BCUT2D eigenvalue weighted by molar-refractivity contribution is 5.76. The minimum absolute atomic E-state index is 0.198. The maximum atomic E-state index is 13.4. The average Bonchev–Trinajstić information content (AvgIpc) is 0.784. The quantitative estimate of drug-likeness (QED) is 0.0199. The monoisotopic (exact) mass is 1390 g/mol. The minimum atomic E-state index is -1.99. The van der Waals surface area contributed by atoms with Crippen LogP contribution < -0.4 is 5.32 Å². The first-order valence-electron chi connectivity index (χ1n) is 38.5. The van der Waals surface area contributed by atoms with Crippen molar-refractivity contribution in [3.63, 3.8) is 0 Å². The van der Waals surface area contributed by atoms with Gasteiger partial charge in [-0.15, -0.1) is 0 Å². The molecule has 98 heavy (non-hydrogen) atoms. The Bertz CT molecular complexity index is 2150. The highest BCUT2D eigenvalue weighted by Gasteiger charge is 2.53. The van der Waals surface area contributed by atoms with E-state index in [0.29, 0.717) is 6.42 Å². The fourth-order valence-corrected chi connectivity index (χ4v) is 12.5. The van der Waals surface area contributed by atoms with Crippen molar-refractivity contribution in [1.29, 1.82) is 0 Å². The Balaban J connectivity index is 1.42. The van der Waals surface area contributed by atoms with Crippen molar-refractivity contribution >= 4 is 5.91 Å². The molecule has 3 fully saturated rings. The van der Waals surface area contributed by atoms with E-state index in [4.69, 9.17) is 28.4 Å². The summed E-state index contributed by atoms with van der Waals surface area (Å²) in [5.74, 6) is -0.309. The van der Waals surface area contributed by atoms with Crippen molar-refractivity contribution in [2.24, 2.45) is 0 Å². The highest BCUT2D eigenvalue weighted by Crippen LogP contribution is 2.33. The van der Waals surface area contributed by atoms with E-state index in [2.05, 4.69) is 104 Å². The van der Waals surface area contributed by atoms with Gasteiger partial charge in [0.25, 0.3) is 0 Å². The van der Waals surface area contributed by atoms with Gasteiger partial charge < -0.3 is 89.9 Å². The van der Waals surface area contributed by atoms with Crippen molar-refractivity contribution in [1.82, 2.24) is 5.32 Å². The Morgan fingerprint density at radius 1 is 0.378 bits per heavy atom. The van der Waals surface area contributed by atoms with Crippen LogP contribution in [-0.4, -0.2) is 193 Å². The number of nitrogens with one attached hydrogen (secondary N) is 1. The van der Waals surface area contributed by atoms with Gasteiger partial charge >= 0.3 is 0 Å². The summed E-state index contributed by atoms with van der Waals surface area (Å²) in [5.41, 5.74) is 0. The molecule has 17 unspecified atom stereocenters. The number of carbonyl (C=O) groups excluding carboxylic acids is 1. The van der Waals surface area contributed by atoms with Crippen LogP contribution in [0.25, 0.3) is 0 Å². The lowest BCUT2D eigenvalue weighted by atomic mass is 9.96. The van der Waals surface area contributed by atoms with Crippen LogP contribution in [0.1, 0.15) is 264 Å². The molecule has 0 aliphatic carbocycles. The van der Waals surface area contributed by atoms with Crippen LogP contribution in [-0.2, 0) is 33.2 Å². The largest absolute Gasteiger partial charge is 0.394 e. The van der Waals surface area contributed by atoms with Crippen molar-refractivity contribution in [3.05, 3.63) is 97.2 Å². The predicted octanol–water partition coefficient (Wildman–Crippen LogP) is 12.0. The number of carbonyl (C=O) groups is 1. The lowest BCUT2D eigenvalue weighted by Gasteiger charge is -2.48. The lowest BCUT2D eigenvalue weighted by Crippen LogP contribution is -2.66. The maximum Gasteiger partial charge on any atom is 0.220 e. The number of aliphatic hydroxyl groups excluding tert-OH is 11. The third-order valence-electron chi connectivity index (χ3n) is 18.6. The molecule has 0 aromatic rings. The van der Waals surface area contributed by atoms with Gasteiger partial charge in [0.05, 0.1) is 38.6 Å². The molecule has 3 aliphatic heterocycles. The minimum Gasteiger partial charge on any atom is -0.394 e. The molecule has 19 nitrogen and oxygen atoms in total. The zero-order valence-corrected chi connectivity index (χ0v) is 60.2. The number of unbranched alkanes of at least 4 members (excludes halogenated alkanes) is 29. The fourth-order valence-electron chi connectivity index (χ4n) is 12.5. The number of hydrogen-bond acceptors (Lipinski definition) is 18. The normalized spacial score (nSPS) is 27.3. The molecule has 3 saturated heterocycles. The summed E-state index contributed by atoms with van der Waals surface area (Å²) in [6.07, 6.45) is 52.4. The molecule has 1 amide bonds. The van der Waals surface area contributed by atoms with E-state index >= 15 is 0 Å². The third-order valence-corrected chi connectivity index (χ3v) is 18.6. The number of amides is 1. The van der Waals surface area contributed by atoms with E-state index in [0.717, 1.165) is 89.9 Å². The predicted molar refractivity (Wildman–Crippen MR) is 387 cm³/mol. The zero-order chi connectivity index (χ0) is 71.1. The van der Waals surface area contributed by atoms with E-state index in [1.165, 1.54) is 148 Å². The van der Waals surface area contributed by atoms with Gasteiger partial charge in [0.2, 0.25) is 5.91 Å². The Morgan fingerprint density at radius 3 is 1.10 bits per heavy atom. The molecule has 0 radical (unpaired) electrons. The van der Waals surface area contributed by atoms with Crippen LogP contribution >= 0.6 is 0 Å². The summed E-state index contributed by atoms with van der Waals surface area (Å²) >= 11 is 0. The molecule has 17 atom stereocenters. The van der Waals surface area contributed by atoms with Gasteiger partial charge in [-0.1, -0.05) is 278 Å². The molecular formula is C79H137NO18. The fraction of sp³-hybridized carbons (Fsp3) is 0.785. The van der Waals surface area contributed by atoms with Crippen LogP contribution in [0.3, 0.4) is 0 Å². The first-order chi connectivity index (χ1) is 47.8. The zero-order valence-electron chi connectivity index (χ0n) is 60.2. The molecule has 0 aromatic heterocycles. The molecule has 0 bridgehead atoms. The highest BCUT2D eigenvalue weighted by atomic mass is 16.8. The molecule has 12 N–H and O–H groups in total. The third kappa shape index (κ3) is 39.4. The van der Waals surface area contributed by atoms with Crippen LogP contribution in [0.2, 0.25) is 0 Å². The molecule has 3 aliphatic rings. The van der Waals surface area contributed by atoms with Crippen molar-refractivity contribution in [3.8, 4) is 0 Å². The van der Waals surface area contributed by atoms with Gasteiger partial charge in [-0.25, -0.2) is 0 Å². The molecule has 0 aromatic carbocycles. The second kappa shape index (κ2) is 59.1. The Kier molecular flexibility index (Phi) is 53.7. The average molecular weight is 1390 g/mol. The van der Waals surface area contributed by atoms with Crippen LogP contribution in [0.15, 0.2) is 97.2 Å². The van der Waals surface area contributed by atoms with E-state index in [1.54, 1.807) is 6.08 Å². The van der Waals surface area contributed by atoms with Gasteiger partial charge in [-0.3, -0.25) is 4.79 Å². The van der Waals surface area contributed by atoms with Gasteiger partial charge in [0, 0.05) is 6.42 Å². The summed E-state index contributed by atoms with van der Waals surface area (Å²) in [4.78, 5) is 13.4. The second-order valence-electron chi connectivity index (χ2n) is 27.1. The summed E-state index contributed by atoms with van der Waals surface area (Å²) in [6, 6.07) is -1.00. The molecule has 0 saturated carbocycles. The van der Waals surface area contributed by atoms with Gasteiger partial charge in [-0.05, 0) is 77.0 Å². The molecule has 0 spiro atoms. The SMILES string of the molecule is CC/C=C\C/C=C\C/C=C\C/C=C\C/C=C\C/C=C\C/C=C\CCCCCC(=O)NC(COC1OC(CO)C(OC2OC(CO)C(OC3OC(CO)C(O)C(O)C3O)C(O)C2O)C(O)C1O)C(O)/C=C/CCCCCCCCCCCCCCCCCCCCCCCCCCCC. The van der Waals surface area contributed by atoms with E-state index in [-0.39, 0.29) is 18.9 Å². The molecule has 3 heterocycles. The van der Waals surface area contributed by atoms with E-state index < -0.39 is 124 Å². The smallest absolute Gasteiger partial charge is 0.220 e. The summed E-state index contributed by atoms with van der Waals surface area (Å²) in [7, 11) is 0. The number of aliphatic hydroxyl groups is 11. The van der Waals surface area contributed by atoms with Crippen molar-refractivity contribution < 1.29 is 89.4 Å². The van der Waals surface area contributed by atoms with Gasteiger partial charge in [-0.2, -0.15) is 0 Å². The first kappa shape index (κ1) is 88.9. The van der Waals surface area contributed by atoms with Crippen LogP contribution in [0.5, 0.6) is 0 Å². The Labute approximate surface area is 590 Å². The number of allylic oxidation sites excluding steroid dienone is 15. The van der Waals surface area contributed by atoms with E-state index in [1.807, 2.05) is 6.08 Å². The van der Waals surface area contributed by atoms with Gasteiger partial charge in [0.15, 0.2) is 18.9 Å². The Morgan fingerprint density at radius 2 is 0.704 bits per heavy atom.